The van der Waals surface area contributed by atoms with Crippen LogP contribution >= 0.6 is 0 Å². The molecule has 0 bridgehead atoms. The van der Waals surface area contributed by atoms with Gasteiger partial charge in [0.1, 0.15) is 10.7 Å². The SMILES string of the molecule is Cc1ccc(S(=O)(=O)C(C)O)c(F)c1. The first-order valence-corrected chi connectivity index (χ1v) is 5.58. The van der Waals surface area contributed by atoms with Gasteiger partial charge >= 0.3 is 0 Å². The van der Waals surface area contributed by atoms with Crippen molar-refractivity contribution < 1.29 is 17.9 Å². The number of hydrogen-bond acceptors (Lipinski definition) is 3. The van der Waals surface area contributed by atoms with E-state index in [9.17, 15) is 12.8 Å². The third-order valence-corrected chi connectivity index (χ3v) is 3.69. The Morgan fingerprint density at radius 2 is 2.00 bits per heavy atom. The Bertz CT molecular complexity index is 437. The maximum absolute atomic E-state index is 13.2. The Morgan fingerprint density at radius 3 is 2.43 bits per heavy atom. The number of aliphatic hydroxyl groups excluding tert-OH is 1. The molecule has 0 amide bonds. The summed E-state index contributed by atoms with van der Waals surface area (Å²) in [5.41, 5.74) is -0.966. The van der Waals surface area contributed by atoms with Crippen LogP contribution in [-0.4, -0.2) is 19.0 Å². The molecule has 0 radical (unpaired) electrons. The molecule has 1 atom stereocenters. The van der Waals surface area contributed by atoms with Gasteiger partial charge in [0.05, 0.1) is 0 Å². The minimum absolute atomic E-state index is 0.460. The van der Waals surface area contributed by atoms with E-state index >= 15 is 0 Å². The first-order valence-electron chi connectivity index (χ1n) is 4.04. The number of aliphatic hydroxyl groups is 1. The second kappa shape index (κ2) is 3.67. The number of rotatable bonds is 2. The minimum Gasteiger partial charge on any atom is -0.377 e. The molecular weight excluding hydrogens is 207 g/mol. The Kier molecular flexibility index (Phi) is 2.92. The van der Waals surface area contributed by atoms with E-state index in [0.29, 0.717) is 5.56 Å². The van der Waals surface area contributed by atoms with Crippen LogP contribution in [0.3, 0.4) is 0 Å². The van der Waals surface area contributed by atoms with Crippen molar-refractivity contribution >= 4 is 9.84 Å². The third kappa shape index (κ3) is 1.93. The Hall–Kier alpha value is -0.940. The van der Waals surface area contributed by atoms with E-state index in [0.717, 1.165) is 19.1 Å². The maximum atomic E-state index is 13.2. The van der Waals surface area contributed by atoms with Gasteiger partial charge < -0.3 is 5.11 Å². The summed E-state index contributed by atoms with van der Waals surface area (Å²) in [7, 11) is -3.94. The second-order valence-corrected chi connectivity index (χ2v) is 5.29. The molecule has 14 heavy (non-hydrogen) atoms. The highest BCUT2D eigenvalue weighted by Crippen LogP contribution is 2.19. The highest BCUT2D eigenvalue weighted by atomic mass is 32.2. The van der Waals surface area contributed by atoms with Gasteiger partial charge in [0.25, 0.3) is 0 Å². The van der Waals surface area contributed by atoms with Gasteiger partial charge in [-0.25, -0.2) is 12.8 Å². The molecule has 1 aromatic rings. The van der Waals surface area contributed by atoms with Crippen LogP contribution in [0, 0.1) is 12.7 Å². The molecule has 5 heteroatoms. The number of hydrogen-bond donors (Lipinski definition) is 1. The molecule has 0 spiro atoms. The lowest BCUT2D eigenvalue weighted by Gasteiger charge is -2.08. The summed E-state index contributed by atoms with van der Waals surface area (Å²) in [6.07, 6.45) is 0. The summed E-state index contributed by atoms with van der Waals surface area (Å²) in [5, 5.41) is 8.97. The molecule has 1 N–H and O–H groups in total. The summed E-state index contributed by atoms with van der Waals surface area (Å²) in [6.45, 7) is 2.75. The largest absolute Gasteiger partial charge is 0.377 e. The molecule has 0 saturated heterocycles. The monoisotopic (exact) mass is 218 g/mol. The molecule has 0 aliphatic heterocycles. The van der Waals surface area contributed by atoms with Crippen molar-refractivity contribution in [2.24, 2.45) is 0 Å². The van der Waals surface area contributed by atoms with Crippen LogP contribution in [0.15, 0.2) is 23.1 Å². The molecule has 0 heterocycles. The number of sulfone groups is 1. The standard InChI is InChI=1S/C9H11FO3S/c1-6-3-4-9(8(10)5-6)14(12,13)7(2)11/h3-5,7,11H,1-2H3. The highest BCUT2D eigenvalue weighted by Gasteiger charge is 2.24. The highest BCUT2D eigenvalue weighted by molar-refractivity contribution is 7.91. The summed E-state index contributed by atoms with van der Waals surface area (Å²) < 4.78 is 36.0. The summed E-state index contributed by atoms with van der Waals surface area (Å²) in [6, 6.07) is 3.76. The average Bonchev–Trinajstić information content (AvgIpc) is 2.02. The van der Waals surface area contributed by atoms with Crippen molar-refractivity contribution in [3.05, 3.63) is 29.6 Å². The summed E-state index contributed by atoms with van der Waals surface area (Å²) in [5.74, 6) is -0.828. The second-order valence-electron chi connectivity index (χ2n) is 3.08. The molecular formula is C9H11FO3S. The molecule has 0 aliphatic carbocycles. The van der Waals surface area contributed by atoms with E-state index in [1.165, 1.54) is 6.07 Å². The van der Waals surface area contributed by atoms with Crippen LogP contribution in [0.5, 0.6) is 0 Å². The smallest absolute Gasteiger partial charge is 0.207 e. The van der Waals surface area contributed by atoms with Gasteiger partial charge in [-0.15, -0.1) is 0 Å². The van der Waals surface area contributed by atoms with Crippen LogP contribution in [-0.2, 0) is 9.84 Å². The maximum Gasteiger partial charge on any atom is 0.207 e. The lowest BCUT2D eigenvalue weighted by molar-refractivity contribution is 0.268. The average molecular weight is 218 g/mol. The van der Waals surface area contributed by atoms with Gasteiger partial charge in [0, 0.05) is 0 Å². The van der Waals surface area contributed by atoms with Crippen molar-refractivity contribution in [2.75, 3.05) is 0 Å². The van der Waals surface area contributed by atoms with Crippen molar-refractivity contribution in [3.63, 3.8) is 0 Å². The number of benzene rings is 1. The van der Waals surface area contributed by atoms with Gasteiger partial charge in [-0.1, -0.05) is 6.07 Å². The number of aryl methyl sites for hydroxylation is 1. The van der Waals surface area contributed by atoms with Gasteiger partial charge in [-0.05, 0) is 31.5 Å². The molecule has 78 valence electrons. The molecule has 1 unspecified atom stereocenters. The van der Waals surface area contributed by atoms with Crippen molar-refractivity contribution in [3.8, 4) is 0 Å². The van der Waals surface area contributed by atoms with Crippen LogP contribution in [0.4, 0.5) is 4.39 Å². The molecule has 1 rings (SSSR count). The van der Waals surface area contributed by atoms with E-state index < -0.39 is 26.0 Å². The summed E-state index contributed by atoms with van der Waals surface area (Å²) in [4.78, 5) is -0.460. The van der Waals surface area contributed by atoms with Crippen LogP contribution in [0.1, 0.15) is 12.5 Å². The van der Waals surface area contributed by atoms with Gasteiger partial charge in [-0.2, -0.15) is 0 Å². The van der Waals surface area contributed by atoms with Gasteiger partial charge in [-0.3, -0.25) is 0 Å². The Morgan fingerprint density at radius 1 is 1.43 bits per heavy atom. The lowest BCUT2D eigenvalue weighted by Crippen LogP contribution is -2.18. The van der Waals surface area contributed by atoms with E-state index in [2.05, 4.69) is 0 Å². The minimum atomic E-state index is -3.94. The van der Waals surface area contributed by atoms with Gasteiger partial charge in [0.15, 0.2) is 5.44 Å². The molecule has 0 aromatic heterocycles. The molecule has 3 nitrogen and oxygen atoms in total. The van der Waals surface area contributed by atoms with Crippen LogP contribution < -0.4 is 0 Å². The molecule has 0 aliphatic rings. The van der Waals surface area contributed by atoms with E-state index in [1.807, 2.05) is 0 Å². The molecule has 1 aromatic carbocycles. The first-order chi connectivity index (χ1) is 6.35. The van der Waals surface area contributed by atoms with Gasteiger partial charge in [0.2, 0.25) is 9.84 Å². The van der Waals surface area contributed by atoms with Crippen LogP contribution in [0.2, 0.25) is 0 Å². The van der Waals surface area contributed by atoms with E-state index in [-0.39, 0.29) is 0 Å². The Labute approximate surface area is 82.1 Å². The first kappa shape index (κ1) is 11.1. The van der Waals surface area contributed by atoms with Crippen LogP contribution in [0.25, 0.3) is 0 Å². The lowest BCUT2D eigenvalue weighted by atomic mass is 10.2. The molecule has 0 saturated carbocycles. The Balaban J connectivity index is 3.35. The normalized spacial score (nSPS) is 14.0. The van der Waals surface area contributed by atoms with Crippen molar-refractivity contribution in [1.82, 2.24) is 0 Å². The zero-order chi connectivity index (χ0) is 10.9. The molecule has 0 fully saturated rings. The summed E-state index contributed by atoms with van der Waals surface area (Å²) >= 11 is 0. The van der Waals surface area contributed by atoms with E-state index in [4.69, 9.17) is 5.11 Å². The quantitative estimate of drug-likeness (QED) is 0.812. The number of halogens is 1. The zero-order valence-electron chi connectivity index (χ0n) is 7.86. The van der Waals surface area contributed by atoms with Crippen molar-refractivity contribution in [1.29, 1.82) is 0 Å². The van der Waals surface area contributed by atoms with Crippen molar-refractivity contribution in [2.45, 2.75) is 24.2 Å². The van der Waals surface area contributed by atoms with E-state index in [1.54, 1.807) is 6.92 Å². The fourth-order valence-electron chi connectivity index (χ4n) is 1.02. The fraction of sp³-hybridized carbons (Fsp3) is 0.333. The topological polar surface area (TPSA) is 54.4 Å². The predicted octanol–water partition coefficient (Wildman–Crippen LogP) is 1.25. The zero-order valence-corrected chi connectivity index (χ0v) is 8.68. The fourth-order valence-corrected chi connectivity index (χ4v) is 1.98. The predicted molar refractivity (Wildman–Crippen MR) is 50.0 cm³/mol. The third-order valence-electron chi connectivity index (χ3n) is 1.84.